The van der Waals surface area contributed by atoms with E-state index < -0.39 is 0 Å². The molecule has 2 N–H and O–H groups in total. The SMILES string of the molecule is CC(C)(C)N1CCN(C(N)=Nc2ccccc2)CC1. The molecule has 0 amide bonds. The number of rotatable bonds is 1. The van der Waals surface area contributed by atoms with Crippen molar-refractivity contribution in [2.75, 3.05) is 26.2 Å². The van der Waals surface area contributed by atoms with Gasteiger partial charge in [-0.05, 0) is 32.9 Å². The molecule has 1 aromatic carbocycles. The van der Waals surface area contributed by atoms with E-state index in [0.717, 1.165) is 31.9 Å². The largest absolute Gasteiger partial charge is 0.369 e. The van der Waals surface area contributed by atoms with E-state index in [1.54, 1.807) is 0 Å². The van der Waals surface area contributed by atoms with Crippen LogP contribution in [0.1, 0.15) is 20.8 Å². The highest BCUT2D eigenvalue weighted by Gasteiger charge is 2.26. The fourth-order valence-corrected chi connectivity index (χ4v) is 2.31. The summed E-state index contributed by atoms with van der Waals surface area (Å²) in [7, 11) is 0. The third kappa shape index (κ3) is 3.70. The molecule has 1 aliphatic heterocycles. The Morgan fingerprint density at radius 3 is 2.16 bits per heavy atom. The molecule has 2 rings (SSSR count). The lowest BCUT2D eigenvalue weighted by molar-refractivity contribution is 0.0879. The van der Waals surface area contributed by atoms with Crippen molar-refractivity contribution in [1.82, 2.24) is 9.80 Å². The van der Waals surface area contributed by atoms with Gasteiger partial charge in [-0.3, -0.25) is 4.90 Å². The molecule has 0 aliphatic carbocycles. The van der Waals surface area contributed by atoms with Gasteiger partial charge >= 0.3 is 0 Å². The second-order valence-electron chi connectivity index (χ2n) is 5.95. The zero-order valence-electron chi connectivity index (χ0n) is 12.1. The Bertz CT molecular complexity index is 425. The second kappa shape index (κ2) is 5.61. The molecule has 0 aromatic heterocycles. The third-order valence-corrected chi connectivity index (χ3v) is 3.55. The van der Waals surface area contributed by atoms with Crippen LogP contribution in [-0.2, 0) is 0 Å². The molecule has 4 nitrogen and oxygen atoms in total. The van der Waals surface area contributed by atoms with Crippen molar-refractivity contribution in [3.63, 3.8) is 0 Å². The Balaban J connectivity index is 1.96. The Morgan fingerprint density at radius 1 is 1.05 bits per heavy atom. The van der Waals surface area contributed by atoms with Crippen LogP contribution in [0, 0.1) is 0 Å². The number of para-hydroxylation sites is 1. The van der Waals surface area contributed by atoms with Gasteiger partial charge < -0.3 is 10.6 Å². The summed E-state index contributed by atoms with van der Waals surface area (Å²) >= 11 is 0. The van der Waals surface area contributed by atoms with Crippen LogP contribution in [0.15, 0.2) is 35.3 Å². The van der Waals surface area contributed by atoms with Crippen LogP contribution in [0.3, 0.4) is 0 Å². The van der Waals surface area contributed by atoms with Crippen molar-refractivity contribution >= 4 is 11.6 Å². The van der Waals surface area contributed by atoms with Gasteiger partial charge in [0, 0.05) is 31.7 Å². The van der Waals surface area contributed by atoms with E-state index in [-0.39, 0.29) is 5.54 Å². The van der Waals surface area contributed by atoms with Gasteiger partial charge in [0.15, 0.2) is 5.96 Å². The summed E-state index contributed by atoms with van der Waals surface area (Å²) in [6, 6.07) is 9.88. The van der Waals surface area contributed by atoms with E-state index in [2.05, 4.69) is 35.6 Å². The first kappa shape index (κ1) is 13.9. The topological polar surface area (TPSA) is 44.9 Å². The number of hydrogen-bond acceptors (Lipinski definition) is 2. The van der Waals surface area contributed by atoms with Gasteiger partial charge in [0.2, 0.25) is 0 Å². The van der Waals surface area contributed by atoms with Crippen molar-refractivity contribution in [3.8, 4) is 0 Å². The fraction of sp³-hybridized carbons (Fsp3) is 0.533. The lowest BCUT2D eigenvalue weighted by Gasteiger charge is -2.42. The molecule has 1 saturated heterocycles. The van der Waals surface area contributed by atoms with E-state index in [1.165, 1.54) is 0 Å². The smallest absolute Gasteiger partial charge is 0.196 e. The lowest BCUT2D eigenvalue weighted by Crippen LogP contribution is -2.56. The van der Waals surface area contributed by atoms with Crippen LogP contribution in [-0.4, -0.2) is 47.5 Å². The van der Waals surface area contributed by atoms with E-state index in [1.807, 2.05) is 30.3 Å². The minimum Gasteiger partial charge on any atom is -0.369 e. The zero-order valence-corrected chi connectivity index (χ0v) is 12.1. The number of nitrogens with zero attached hydrogens (tertiary/aromatic N) is 3. The van der Waals surface area contributed by atoms with Crippen molar-refractivity contribution in [2.45, 2.75) is 26.3 Å². The van der Waals surface area contributed by atoms with Crippen LogP contribution in [0.2, 0.25) is 0 Å². The zero-order chi connectivity index (χ0) is 13.9. The summed E-state index contributed by atoms with van der Waals surface area (Å²) in [5.41, 5.74) is 7.24. The van der Waals surface area contributed by atoms with Gasteiger partial charge in [0.1, 0.15) is 0 Å². The average Bonchev–Trinajstić information content (AvgIpc) is 2.39. The molecular weight excluding hydrogens is 236 g/mol. The number of benzene rings is 1. The highest BCUT2D eigenvalue weighted by atomic mass is 15.3. The molecule has 4 heteroatoms. The maximum Gasteiger partial charge on any atom is 0.196 e. The van der Waals surface area contributed by atoms with Gasteiger partial charge in [-0.1, -0.05) is 18.2 Å². The Hall–Kier alpha value is -1.55. The standard InChI is InChI=1S/C15H24N4/c1-15(2,3)19-11-9-18(10-12-19)14(16)17-13-7-5-4-6-8-13/h4-8H,9-12H2,1-3H3,(H2,16,17). The van der Waals surface area contributed by atoms with E-state index in [4.69, 9.17) is 5.73 Å². The quantitative estimate of drug-likeness (QED) is 0.621. The molecule has 0 bridgehead atoms. The first-order chi connectivity index (χ1) is 8.97. The highest BCUT2D eigenvalue weighted by Crippen LogP contribution is 2.16. The van der Waals surface area contributed by atoms with Crippen LogP contribution >= 0.6 is 0 Å². The molecule has 0 saturated carbocycles. The van der Waals surface area contributed by atoms with Crippen LogP contribution in [0.5, 0.6) is 0 Å². The molecule has 0 radical (unpaired) electrons. The first-order valence-electron chi connectivity index (χ1n) is 6.86. The number of nitrogens with two attached hydrogens (primary N) is 1. The fourth-order valence-electron chi connectivity index (χ4n) is 2.31. The van der Waals surface area contributed by atoms with Crippen LogP contribution < -0.4 is 5.73 Å². The molecular formula is C15H24N4. The molecule has 1 aromatic rings. The van der Waals surface area contributed by atoms with Gasteiger partial charge in [0.25, 0.3) is 0 Å². The molecule has 0 unspecified atom stereocenters. The molecule has 1 fully saturated rings. The Morgan fingerprint density at radius 2 is 1.63 bits per heavy atom. The summed E-state index contributed by atoms with van der Waals surface area (Å²) in [6.45, 7) is 10.7. The summed E-state index contributed by atoms with van der Waals surface area (Å²) in [4.78, 5) is 9.12. The first-order valence-corrected chi connectivity index (χ1v) is 6.86. The predicted molar refractivity (Wildman–Crippen MR) is 80.6 cm³/mol. The molecule has 0 atom stereocenters. The molecule has 0 spiro atoms. The number of piperazine rings is 1. The second-order valence-corrected chi connectivity index (χ2v) is 5.95. The van der Waals surface area contributed by atoms with Crippen molar-refractivity contribution in [1.29, 1.82) is 0 Å². The van der Waals surface area contributed by atoms with Gasteiger partial charge in [-0.2, -0.15) is 0 Å². The number of aliphatic imine (C=N–C) groups is 1. The summed E-state index contributed by atoms with van der Waals surface area (Å²) in [6.07, 6.45) is 0. The maximum absolute atomic E-state index is 6.09. The van der Waals surface area contributed by atoms with E-state index >= 15 is 0 Å². The number of guanidine groups is 1. The molecule has 19 heavy (non-hydrogen) atoms. The average molecular weight is 260 g/mol. The highest BCUT2D eigenvalue weighted by molar-refractivity contribution is 5.81. The van der Waals surface area contributed by atoms with E-state index in [0.29, 0.717) is 5.96 Å². The Labute approximate surface area is 115 Å². The minimum atomic E-state index is 0.234. The van der Waals surface area contributed by atoms with Crippen molar-refractivity contribution in [3.05, 3.63) is 30.3 Å². The third-order valence-electron chi connectivity index (χ3n) is 3.55. The van der Waals surface area contributed by atoms with Gasteiger partial charge in [-0.15, -0.1) is 0 Å². The Kier molecular flexibility index (Phi) is 4.10. The summed E-state index contributed by atoms with van der Waals surface area (Å²) in [5.74, 6) is 0.625. The summed E-state index contributed by atoms with van der Waals surface area (Å²) in [5, 5.41) is 0. The van der Waals surface area contributed by atoms with Crippen molar-refractivity contribution in [2.24, 2.45) is 10.7 Å². The van der Waals surface area contributed by atoms with Crippen molar-refractivity contribution < 1.29 is 0 Å². The van der Waals surface area contributed by atoms with Gasteiger partial charge in [-0.25, -0.2) is 4.99 Å². The summed E-state index contributed by atoms with van der Waals surface area (Å²) < 4.78 is 0. The van der Waals surface area contributed by atoms with E-state index in [9.17, 15) is 0 Å². The molecule has 104 valence electrons. The molecule has 1 aliphatic rings. The lowest BCUT2D eigenvalue weighted by atomic mass is 10.1. The molecule has 1 heterocycles. The maximum atomic E-state index is 6.09. The predicted octanol–water partition coefficient (Wildman–Crippen LogP) is 2.05. The normalized spacial score (nSPS) is 18.7. The monoisotopic (exact) mass is 260 g/mol. The minimum absolute atomic E-state index is 0.234. The van der Waals surface area contributed by atoms with Crippen LogP contribution in [0.25, 0.3) is 0 Å². The van der Waals surface area contributed by atoms with Crippen LogP contribution in [0.4, 0.5) is 5.69 Å². The number of hydrogen-bond donors (Lipinski definition) is 1. The van der Waals surface area contributed by atoms with Gasteiger partial charge in [0.05, 0.1) is 5.69 Å².